The van der Waals surface area contributed by atoms with Gasteiger partial charge in [0.15, 0.2) is 0 Å². The number of anilines is 1. The van der Waals surface area contributed by atoms with Gasteiger partial charge in [-0.2, -0.15) is 0 Å². The molecule has 0 radical (unpaired) electrons. The highest BCUT2D eigenvalue weighted by atomic mass is 79.9. The lowest BCUT2D eigenvalue weighted by Gasteiger charge is -2.18. The van der Waals surface area contributed by atoms with Crippen LogP contribution >= 0.6 is 15.9 Å². The third-order valence-corrected chi connectivity index (χ3v) is 6.32. The monoisotopic (exact) mass is 475 g/mol. The van der Waals surface area contributed by atoms with Crippen molar-refractivity contribution in [2.75, 3.05) is 18.6 Å². The van der Waals surface area contributed by atoms with Crippen LogP contribution in [0.4, 0.5) is 5.69 Å². The minimum absolute atomic E-state index is 0.0292. The highest BCUT2D eigenvalue weighted by molar-refractivity contribution is 9.10. The van der Waals surface area contributed by atoms with Crippen molar-refractivity contribution < 1.29 is 9.53 Å². The third kappa shape index (κ3) is 3.83. The van der Waals surface area contributed by atoms with E-state index < -0.39 is 0 Å². The van der Waals surface area contributed by atoms with Gasteiger partial charge in [-0.15, -0.1) is 0 Å². The number of benzene rings is 3. The van der Waals surface area contributed by atoms with Gasteiger partial charge >= 0.3 is 0 Å². The van der Waals surface area contributed by atoms with Gasteiger partial charge in [-0.25, -0.2) is 4.98 Å². The Balaban J connectivity index is 1.51. The van der Waals surface area contributed by atoms with E-state index in [0.29, 0.717) is 19.5 Å². The molecule has 1 aromatic heterocycles. The molecule has 5 rings (SSSR count). The summed E-state index contributed by atoms with van der Waals surface area (Å²) in [6.07, 6.45) is 0.445. The number of amides is 1. The maximum absolute atomic E-state index is 12.9. The number of carbonyl (C=O) groups is 1. The van der Waals surface area contributed by atoms with Crippen LogP contribution in [0.15, 0.2) is 77.3 Å². The average molecular weight is 476 g/mol. The Morgan fingerprint density at radius 3 is 2.68 bits per heavy atom. The van der Waals surface area contributed by atoms with Crippen molar-refractivity contribution in [3.8, 4) is 5.75 Å². The number of carbonyl (C=O) groups excluding carboxylic acids is 1. The van der Waals surface area contributed by atoms with Gasteiger partial charge in [0.05, 0.1) is 18.1 Å². The van der Waals surface area contributed by atoms with E-state index in [-0.39, 0.29) is 11.8 Å². The van der Waals surface area contributed by atoms with Crippen molar-refractivity contribution in [1.29, 1.82) is 0 Å². The molecule has 0 bridgehead atoms. The Labute approximate surface area is 189 Å². The van der Waals surface area contributed by atoms with Gasteiger partial charge in [-0.3, -0.25) is 4.79 Å². The number of nitrogens with zero attached hydrogens (tertiary/aromatic N) is 3. The van der Waals surface area contributed by atoms with Gasteiger partial charge in [-0.1, -0.05) is 46.3 Å². The minimum Gasteiger partial charge on any atom is -0.497 e. The molecule has 1 atom stereocenters. The predicted molar refractivity (Wildman–Crippen MR) is 126 cm³/mol. The van der Waals surface area contributed by atoms with Crippen LogP contribution in [0.3, 0.4) is 0 Å². The lowest BCUT2D eigenvalue weighted by atomic mass is 10.1. The fourth-order valence-electron chi connectivity index (χ4n) is 4.25. The van der Waals surface area contributed by atoms with Crippen molar-refractivity contribution in [2.45, 2.75) is 18.9 Å². The number of fused-ring (bicyclic) bond motifs is 1. The van der Waals surface area contributed by atoms with Gasteiger partial charge < -0.3 is 14.2 Å². The molecule has 4 aromatic rings. The van der Waals surface area contributed by atoms with E-state index in [4.69, 9.17) is 9.72 Å². The first-order chi connectivity index (χ1) is 15.1. The van der Waals surface area contributed by atoms with Crippen LogP contribution in [-0.4, -0.2) is 29.1 Å². The zero-order valence-corrected chi connectivity index (χ0v) is 18.7. The Morgan fingerprint density at radius 1 is 1.06 bits per heavy atom. The lowest BCUT2D eigenvalue weighted by Crippen LogP contribution is -2.24. The molecule has 5 nitrogen and oxygen atoms in total. The Kier molecular flexibility index (Phi) is 5.24. The maximum Gasteiger partial charge on any atom is 0.227 e. The smallest absolute Gasteiger partial charge is 0.227 e. The molecule has 1 unspecified atom stereocenters. The van der Waals surface area contributed by atoms with Crippen LogP contribution in [0.25, 0.3) is 11.0 Å². The molecule has 1 amide bonds. The van der Waals surface area contributed by atoms with Gasteiger partial charge in [0, 0.05) is 41.7 Å². The zero-order valence-electron chi connectivity index (χ0n) is 17.2. The Bertz CT molecular complexity index is 1250. The predicted octanol–water partition coefficient (Wildman–Crippen LogP) is 5.38. The van der Waals surface area contributed by atoms with Crippen LogP contribution in [0.5, 0.6) is 5.75 Å². The largest absolute Gasteiger partial charge is 0.497 e. The summed E-state index contributed by atoms with van der Waals surface area (Å²) in [6.45, 7) is 1.32. The Hall–Kier alpha value is -3.12. The normalized spacial score (nSPS) is 16.3. The van der Waals surface area contributed by atoms with E-state index in [0.717, 1.165) is 32.8 Å². The second-order valence-electron chi connectivity index (χ2n) is 7.78. The number of aromatic nitrogens is 2. The number of rotatable bonds is 5. The fraction of sp³-hybridized carbons (Fsp3) is 0.200. The van der Waals surface area contributed by atoms with Gasteiger partial charge in [0.1, 0.15) is 11.6 Å². The molecule has 0 N–H and O–H groups in total. The number of hydrogen-bond acceptors (Lipinski definition) is 3. The molecule has 1 aliphatic rings. The molecule has 2 heterocycles. The van der Waals surface area contributed by atoms with E-state index >= 15 is 0 Å². The van der Waals surface area contributed by atoms with Gasteiger partial charge in [-0.05, 0) is 42.0 Å². The first-order valence-electron chi connectivity index (χ1n) is 10.3. The molecule has 1 fully saturated rings. The Morgan fingerprint density at radius 2 is 1.87 bits per heavy atom. The topological polar surface area (TPSA) is 47.4 Å². The summed E-state index contributed by atoms with van der Waals surface area (Å²) in [5.74, 6) is 1.85. The van der Waals surface area contributed by atoms with Crippen LogP contribution in [0.1, 0.15) is 23.7 Å². The molecule has 0 spiro atoms. The fourth-order valence-corrected chi connectivity index (χ4v) is 4.52. The van der Waals surface area contributed by atoms with E-state index in [1.54, 1.807) is 7.11 Å². The second kappa shape index (κ2) is 8.19. The first-order valence-corrected chi connectivity index (χ1v) is 11.1. The van der Waals surface area contributed by atoms with Gasteiger partial charge in [0.2, 0.25) is 5.91 Å². The summed E-state index contributed by atoms with van der Waals surface area (Å²) in [5.41, 5.74) is 4.11. The summed E-state index contributed by atoms with van der Waals surface area (Å²) >= 11 is 3.51. The summed E-state index contributed by atoms with van der Waals surface area (Å²) < 4.78 is 8.65. The second-order valence-corrected chi connectivity index (χ2v) is 8.69. The highest BCUT2D eigenvalue weighted by Gasteiger charge is 2.35. The molecule has 156 valence electrons. The van der Waals surface area contributed by atoms with Crippen molar-refractivity contribution in [2.24, 2.45) is 0 Å². The summed E-state index contributed by atoms with van der Waals surface area (Å²) in [5, 5.41) is 0. The molecular formula is C25H22BrN3O2. The van der Waals surface area contributed by atoms with E-state index in [9.17, 15) is 4.79 Å². The SMILES string of the molecule is COc1cccc(N2CC(c3nc4ccccc4n3Cc3ccc(Br)cc3)CC2=O)c1. The lowest BCUT2D eigenvalue weighted by molar-refractivity contribution is -0.117. The quantitative estimate of drug-likeness (QED) is 0.389. The van der Waals surface area contributed by atoms with Crippen molar-refractivity contribution in [3.63, 3.8) is 0 Å². The standard InChI is InChI=1S/C25H22BrN3O2/c1-31-21-6-4-5-20(14-21)28-16-18(13-24(28)30)25-27-22-7-2-3-8-23(22)29(25)15-17-9-11-19(26)12-10-17/h2-12,14,18H,13,15-16H2,1H3. The highest BCUT2D eigenvalue weighted by Crippen LogP contribution is 2.34. The molecule has 0 aliphatic carbocycles. The number of methoxy groups -OCH3 is 1. The average Bonchev–Trinajstić information content (AvgIpc) is 3.36. The van der Waals surface area contributed by atoms with Crippen molar-refractivity contribution in [3.05, 3.63) is 88.7 Å². The molecule has 31 heavy (non-hydrogen) atoms. The molecule has 1 saturated heterocycles. The number of hydrogen-bond donors (Lipinski definition) is 0. The molecular weight excluding hydrogens is 454 g/mol. The summed E-state index contributed by atoms with van der Waals surface area (Å²) in [7, 11) is 1.64. The number of halogens is 1. The van der Waals surface area contributed by atoms with Crippen LogP contribution in [-0.2, 0) is 11.3 Å². The summed E-state index contributed by atoms with van der Waals surface area (Å²) in [6, 6.07) is 24.2. The minimum atomic E-state index is 0.0292. The molecule has 0 saturated carbocycles. The van der Waals surface area contributed by atoms with E-state index in [1.807, 2.05) is 47.4 Å². The molecule has 1 aliphatic heterocycles. The van der Waals surface area contributed by atoms with Crippen LogP contribution < -0.4 is 9.64 Å². The molecule has 3 aromatic carbocycles. The van der Waals surface area contributed by atoms with Crippen molar-refractivity contribution in [1.82, 2.24) is 9.55 Å². The zero-order chi connectivity index (χ0) is 21.4. The summed E-state index contributed by atoms with van der Waals surface area (Å²) in [4.78, 5) is 19.7. The molecule has 6 heteroatoms. The number of para-hydroxylation sites is 2. The first kappa shape index (κ1) is 19.8. The van der Waals surface area contributed by atoms with Crippen LogP contribution in [0.2, 0.25) is 0 Å². The van der Waals surface area contributed by atoms with Crippen LogP contribution in [0, 0.1) is 0 Å². The van der Waals surface area contributed by atoms with E-state index in [2.05, 4.69) is 50.8 Å². The van der Waals surface area contributed by atoms with Gasteiger partial charge in [0.25, 0.3) is 0 Å². The third-order valence-electron chi connectivity index (χ3n) is 5.79. The van der Waals surface area contributed by atoms with E-state index in [1.165, 1.54) is 5.56 Å². The maximum atomic E-state index is 12.9. The number of ether oxygens (including phenoxy) is 1. The number of imidazole rings is 1. The van der Waals surface area contributed by atoms with Crippen molar-refractivity contribution >= 4 is 38.6 Å².